The summed E-state index contributed by atoms with van der Waals surface area (Å²) in [6.07, 6.45) is 3.70. The summed E-state index contributed by atoms with van der Waals surface area (Å²) < 4.78 is 7.18. The van der Waals surface area contributed by atoms with Gasteiger partial charge in [-0.1, -0.05) is 6.07 Å². The van der Waals surface area contributed by atoms with Crippen molar-refractivity contribution in [2.24, 2.45) is 5.92 Å². The minimum Gasteiger partial charge on any atom is -0.444 e. The molecule has 0 aliphatic carbocycles. The zero-order valence-corrected chi connectivity index (χ0v) is 16.1. The SMILES string of the molecule is Cc1nc(CN2CCC(CNc3nc4ccccn4c3[N+](=O)[O-])CC2)oc1C. The van der Waals surface area contributed by atoms with E-state index in [0.717, 1.165) is 49.8 Å². The van der Waals surface area contributed by atoms with Gasteiger partial charge < -0.3 is 19.8 Å². The van der Waals surface area contributed by atoms with Gasteiger partial charge in [0.15, 0.2) is 0 Å². The number of oxazole rings is 1. The number of hydrogen-bond donors (Lipinski definition) is 1. The Morgan fingerprint density at radius 3 is 2.75 bits per heavy atom. The van der Waals surface area contributed by atoms with Gasteiger partial charge in [-0.2, -0.15) is 9.38 Å². The third kappa shape index (κ3) is 3.70. The first-order valence-corrected chi connectivity index (χ1v) is 9.52. The maximum absolute atomic E-state index is 11.5. The van der Waals surface area contributed by atoms with Gasteiger partial charge >= 0.3 is 5.82 Å². The maximum atomic E-state index is 11.5. The maximum Gasteiger partial charge on any atom is 0.372 e. The van der Waals surface area contributed by atoms with Crippen molar-refractivity contribution in [2.75, 3.05) is 25.0 Å². The highest BCUT2D eigenvalue weighted by Crippen LogP contribution is 2.27. The van der Waals surface area contributed by atoms with E-state index in [4.69, 9.17) is 4.42 Å². The number of likely N-dealkylation sites (tertiary alicyclic amines) is 1. The molecule has 0 radical (unpaired) electrons. The van der Waals surface area contributed by atoms with E-state index < -0.39 is 0 Å². The summed E-state index contributed by atoms with van der Waals surface area (Å²) in [5.74, 6) is 2.43. The summed E-state index contributed by atoms with van der Waals surface area (Å²) in [4.78, 5) is 22.3. The molecule has 0 unspecified atom stereocenters. The van der Waals surface area contributed by atoms with Crippen molar-refractivity contribution in [3.05, 3.63) is 51.9 Å². The molecule has 4 rings (SSSR count). The highest BCUT2D eigenvalue weighted by Gasteiger charge is 2.25. The van der Waals surface area contributed by atoms with E-state index in [9.17, 15) is 10.1 Å². The van der Waals surface area contributed by atoms with Crippen molar-refractivity contribution >= 4 is 17.3 Å². The van der Waals surface area contributed by atoms with Gasteiger partial charge in [0.05, 0.1) is 18.4 Å². The van der Waals surface area contributed by atoms with Gasteiger partial charge in [0, 0.05) is 12.6 Å². The molecular weight excluding hydrogens is 360 g/mol. The van der Waals surface area contributed by atoms with E-state index in [0.29, 0.717) is 23.9 Å². The van der Waals surface area contributed by atoms with Crippen LogP contribution in [0.3, 0.4) is 0 Å². The molecule has 1 aliphatic heterocycles. The van der Waals surface area contributed by atoms with Crippen LogP contribution in [0.15, 0.2) is 28.8 Å². The fourth-order valence-electron chi connectivity index (χ4n) is 3.66. The predicted octanol–water partition coefficient (Wildman–Crippen LogP) is 3.17. The van der Waals surface area contributed by atoms with Crippen molar-refractivity contribution < 1.29 is 9.34 Å². The third-order valence-corrected chi connectivity index (χ3v) is 5.37. The van der Waals surface area contributed by atoms with Crippen LogP contribution in [0, 0.1) is 29.9 Å². The molecule has 1 N–H and O–H groups in total. The molecule has 0 atom stereocenters. The Hall–Kier alpha value is -2.94. The van der Waals surface area contributed by atoms with Crippen LogP contribution < -0.4 is 5.32 Å². The van der Waals surface area contributed by atoms with Crippen molar-refractivity contribution in [3.63, 3.8) is 0 Å². The Morgan fingerprint density at radius 2 is 2.07 bits per heavy atom. The second kappa shape index (κ2) is 7.59. The van der Waals surface area contributed by atoms with E-state index in [1.807, 2.05) is 19.9 Å². The number of hydrogen-bond acceptors (Lipinski definition) is 7. The van der Waals surface area contributed by atoms with Crippen LogP contribution in [0.2, 0.25) is 0 Å². The zero-order chi connectivity index (χ0) is 19.7. The molecule has 28 heavy (non-hydrogen) atoms. The van der Waals surface area contributed by atoms with Gasteiger partial charge in [-0.3, -0.25) is 4.90 Å². The summed E-state index contributed by atoms with van der Waals surface area (Å²) in [7, 11) is 0. The molecule has 0 aromatic carbocycles. The largest absolute Gasteiger partial charge is 0.444 e. The monoisotopic (exact) mass is 384 g/mol. The standard InChI is InChI=1S/C19H24N6O3/c1-13-14(2)28-17(21-13)12-23-9-6-15(7-10-23)11-20-18-19(25(26)27)24-8-4-3-5-16(24)22-18/h3-5,8,15,20H,6-7,9-12H2,1-2H3. The average molecular weight is 384 g/mol. The number of aromatic nitrogens is 3. The number of nitro groups is 1. The number of fused-ring (bicyclic) bond motifs is 1. The molecule has 3 aromatic rings. The molecule has 0 amide bonds. The normalized spacial score (nSPS) is 15.9. The molecule has 4 heterocycles. The number of imidazole rings is 1. The van der Waals surface area contributed by atoms with E-state index in [1.54, 1.807) is 18.3 Å². The average Bonchev–Trinajstić information content (AvgIpc) is 3.20. The summed E-state index contributed by atoms with van der Waals surface area (Å²) in [6, 6.07) is 5.35. The number of anilines is 1. The first-order chi connectivity index (χ1) is 13.5. The highest BCUT2D eigenvalue weighted by atomic mass is 16.6. The van der Waals surface area contributed by atoms with Gasteiger partial charge in [-0.15, -0.1) is 0 Å². The van der Waals surface area contributed by atoms with E-state index in [-0.39, 0.29) is 10.7 Å². The molecule has 9 nitrogen and oxygen atoms in total. The third-order valence-electron chi connectivity index (χ3n) is 5.37. The summed E-state index contributed by atoms with van der Waals surface area (Å²) in [5.41, 5.74) is 1.52. The number of aryl methyl sites for hydroxylation is 2. The summed E-state index contributed by atoms with van der Waals surface area (Å²) in [6.45, 7) is 7.21. The quantitative estimate of drug-likeness (QED) is 0.514. The molecule has 9 heteroatoms. The molecule has 1 aliphatic rings. The minimum absolute atomic E-state index is 0.0114. The first-order valence-electron chi connectivity index (χ1n) is 9.52. The van der Waals surface area contributed by atoms with Gasteiger partial charge in [-0.25, -0.2) is 4.98 Å². The Bertz CT molecular complexity index is 967. The van der Waals surface area contributed by atoms with Crippen molar-refractivity contribution in [1.29, 1.82) is 0 Å². The van der Waals surface area contributed by atoms with E-state index >= 15 is 0 Å². The van der Waals surface area contributed by atoms with Gasteiger partial charge in [-0.05, 0) is 56.7 Å². The Morgan fingerprint density at radius 1 is 1.29 bits per heavy atom. The lowest BCUT2D eigenvalue weighted by Crippen LogP contribution is -2.35. The van der Waals surface area contributed by atoms with Gasteiger partial charge in [0.25, 0.3) is 0 Å². The molecule has 148 valence electrons. The number of nitrogens with zero attached hydrogens (tertiary/aromatic N) is 5. The summed E-state index contributed by atoms with van der Waals surface area (Å²) >= 11 is 0. The number of piperidine rings is 1. The Labute approximate surface area is 162 Å². The van der Waals surface area contributed by atoms with Crippen molar-refractivity contribution in [2.45, 2.75) is 33.2 Å². The molecular formula is C19H24N6O3. The lowest BCUT2D eigenvalue weighted by atomic mass is 9.97. The number of rotatable bonds is 6. The van der Waals surface area contributed by atoms with Crippen LogP contribution in [0.5, 0.6) is 0 Å². The first kappa shape index (κ1) is 18.4. The Kier molecular flexibility index (Phi) is 4.99. The second-order valence-corrected chi connectivity index (χ2v) is 7.32. The van der Waals surface area contributed by atoms with Crippen LogP contribution in [0.1, 0.15) is 30.2 Å². The van der Waals surface area contributed by atoms with Crippen LogP contribution in [-0.2, 0) is 6.54 Å². The fraction of sp³-hybridized carbons (Fsp3) is 0.474. The van der Waals surface area contributed by atoms with Crippen LogP contribution in [-0.4, -0.2) is 43.8 Å². The smallest absolute Gasteiger partial charge is 0.372 e. The highest BCUT2D eigenvalue weighted by molar-refractivity contribution is 5.62. The van der Waals surface area contributed by atoms with Crippen LogP contribution >= 0.6 is 0 Å². The van der Waals surface area contributed by atoms with Crippen LogP contribution in [0.25, 0.3) is 5.65 Å². The zero-order valence-electron chi connectivity index (χ0n) is 16.1. The Balaban J connectivity index is 1.34. The minimum atomic E-state index is -0.384. The topological polar surface area (TPSA) is 102 Å². The van der Waals surface area contributed by atoms with Gasteiger partial charge in [0.1, 0.15) is 5.76 Å². The fourth-order valence-corrected chi connectivity index (χ4v) is 3.66. The molecule has 0 saturated carbocycles. The van der Waals surface area contributed by atoms with Crippen molar-refractivity contribution in [1.82, 2.24) is 19.3 Å². The van der Waals surface area contributed by atoms with E-state index in [2.05, 4.69) is 20.2 Å². The van der Waals surface area contributed by atoms with E-state index in [1.165, 1.54) is 4.40 Å². The molecule has 3 aromatic heterocycles. The van der Waals surface area contributed by atoms with Crippen LogP contribution in [0.4, 0.5) is 11.6 Å². The lowest BCUT2D eigenvalue weighted by molar-refractivity contribution is -0.389. The number of pyridine rings is 1. The van der Waals surface area contributed by atoms with Crippen molar-refractivity contribution in [3.8, 4) is 0 Å². The second-order valence-electron chi connectivity index (χ2n) is 7.32. The summed E-state index contributed by atoms with van der Waals surface area (Å²) in [5, 5.41) is 14.7. The molecule has 1 saturated heterocycles. The molecule has 0 bridgehead atoms. The number of nitrogens with one attached hydrogen (secondary N) is 1. The lowest BCUT2D eigenvalue weighted by Gasteiger charge is -2.31. The van der Waals surface area contributed by atoms with Gasteiger partial charge in [0.2, 0.25) is 17.4 Å². The predicted molar refractivity (Wildman–Crippen MR) is 104 cm³/mol. The molecule has 1 fully saturated rings. The molecule has 0 spiro atoms.